The number of nitrogens with one attached hydrogen (secondary N) is 1. The number of hydrogen-bond acceptors (Lipinski definition) is 3. The van der Waals surface area contributed by atoms with Gasteiger partial charge in [0.05, 0.1) is 17.1 Å². The van der Waals surface area contributed by atoms with Crippen molar-refractivity contribution in [3.05, 3.63) is 69.9 Å². The normalized spacial score (nSPS) is 19.4. The van der Waals surface area contributed by atoms with E-state index in [0.29, 0.717) is 17.8 Å². The van der Waals surface area contributed by atoms with E-state index in [0.717, 1.165) is 21.0 Å². The minimum atomic E-state index is -0.239. The largest absolute Gasteiger partial charge is 0.450 e. The van der Waals surface area contributed by atoms with Gasteiger partial charge in [-0.15, -0.1) is 0 Å². The van der Waals surface area contributed by atoms with Crippen LogP contribution in [-0.4, -0.2) is 17.6 Å². The first-order chi connectivity index (χ1) is 11.7. The highest BCUT2D eigenvalue weighted by Gasteiger charge is 2.31. The maximum absolute atomic E-state index is 12.6. The summed E-state index contributed by atoms with van der Waals surface area (Å²) in [6, 6.07) is 15.3. The number of para-hydroxylation sites is 1. The molecular formula is C19H16BrNO3. The highest BCUT2D eigenvalue weighted by Crippen LogP contribution is 2.40. The van der Waals surface area contributed by atoms with Gasteiger partial charge in [-0.05, 0) is 45.6 Å². The van der Waals surface area contributed by atoms with Crippen molar-refractivity contribution in [2.24, 2.45) is 0 Å². The summed E-state index contributed by atoms with van der Waals surface area (Å²) in [7, 11) is 0. The van der Waals surface area contributed by atoms with Gasteiger partial charge in [-0.1, -0.05) is 36.4 Å². The monoisotopic (exact) mass is 385 g/mol. The lowest BCUT2D eigenvalue weighted by molar-refractivity contribution is 0.0908. The molecule has 0 aliphatic heterocycles. The highest BCUT2D eigenvalue weighted by atomic mass is 79.9. The Hall–Kier alpha value is -2.11. The zero-order valence-electron chi connectivity index (χ0n) is 12.8. The molecule has 4 rings (SSSR count). The molecule has 5 heteroatoms. The molecule has 0 radical (unpaired) electrons. The third kappa shape index (κ3) is 2.54. The maximum atomic E-state index is 12.6. The van der Waals surface area contributed by atoms with Crippen LogP contribution in [0.2, 0.25) is 0 Å². The van der Waals surface area contributed by atoms with Crippen LogP contribution in [0.4, 0.5) is 0 Å². The maximum Gasteiger partial charge on any atom is 0.287 e. The van der Waals surface area contributed by atoms with Crippen LogP contribution in [0, 0.1) is 0 Å². The summed E-state index contributed by atoms with van der Waals surface area (Å²) < 4.78 is 6.53. The first kappa shape index (κ1) is 15.4. The summed E-state index contributed by atoms with van der Waals surface area (Å²) in [5, 5.41) is 13.5. The molecule has 0 unspecified atom stereocenters. The second kappa shape index (κ2) is 6.07. The second-order valence-electron chi connectivity index (χ2n) is 6.04. The van der Waals surface area contributed by atoms with Crippen LogP contribution in [0.25, 0.3) is 11.0 Å². The van der Waals surface area contributed by atoms with Crippen LogP contribution in [-0.2, 0) is 0 Å². The minimum Gasteiger partial charge on any atom is -0.450 e. The number of furan rings is 1. The minimum absolute atomic E-state index is 0.0660. The molecule has 1 amide bonds. The van der Waals surface area contributed by atoms with Crippen LogP contribution in [0.1, 0.15) is 40.1 Å². The summed E-state index contributed by atoms with van der Waals surface area (Å²) in [6.07, 6.45) is 0.700. The van der Waals surface area contributed by atoms with Gasteiger partial charge < -0.3 is 14.8 Å². The zero-order valence-corrected chi connectivity index (χ0v) is 14.4. The molecular weight excluding hydrogens is 370 g/mol. The van der Waals surface area contributed by atoms with Crippen LogP contribution in [0.15, 0.2) is 57.4 Å². The SMILES string of the molecule is O=C(N[C@H]1C[C@@H](CO)c2ccccc21)c1cc2cccc(Br)c2o1. The van der Waals surface area contributed by atoms with E-state index < -0.39 is 0 Å². The van der Waals surface area contributed by atoms with Crippen LogP contribution in [0.5, 0.6) is 0 Å². The van der Waals surface area contributed by atoms with E-state index in [-0.39, 0.29) is 24.5 Å². The lowest BCUT2D eigenvalue weighted by Gasteiger charge is -2.13. The van der Waals surface area contributed by atoms with Gasteiger partial charge >= 0.3 is 0 Å². The zero-order chi connectivity index (χ0) is 16.7. The van der Waals surface area contributed by atoms with Gasteiger partial charge in [-0.2, -0.15) is 0 Å². The Morgan fingerprint density at radius 2 is 2.00 bits per heavy atom. The van der Waals surface area contributed by atoms with Crippen LogP contribution in [0.3, 0.4) is 0 Å². The first-order valence-electron chi connectivity index (χ1n) is 7.86. The standard InChI is InChI=1S/C19H16BrNO3/c20-15-7-3-4-11-9-17(24-18(11)15)19(23)21-16-8-12(10-22)13-5-1-2-6-14(13)16/h1-7,9,12,16,22H,8,10H2,(H,21,23)/t12-,16-/m0/s1. The number of fused-ring (bicyclic) bond motifs is 2. The Balaban J connectivity index is 1.61. The van der Waals surface area contributed by atoms with Gasteiger partial charge in [0.1, 0.15) is 5.58 Å². The van der Waals surface area contributed by atoms with Gasteiger partial charge in [-0.25, -0.2) is 0 Å². The highest BCUT2D eigenvalue weighted by molar-refractivity contribution is 9.10. The molecule has 0 fully saturated rings. The van der Waals surface area contributed by atoms with Crippen LogP contribution >= 0.6 is 15.9 Å². The summed E-state index contributed by atoms with van der Waals surface area (Å²) in [4.78, 5) is 12.6. The summed E-state index contributed by atoms with van der Waals surface area (Å²) in [6.45, 7) is 0.0843. The third-order valence-corrected chi connectivity index (χ3v) is 5.20. The molecule has 24 heavy (non-hydrogen) atoms. The first-order valence-corrected chi connectivity index (χ1v) is 8.65. The van der Waals surface area contributed by atoms with E-state index in [1.807, 2.05) is 42.5 Å². The Kier molecular flexibility index (Phi) is 3.90. The Morgan fingerprint density at radius 3 is 2.75 bits per heavy atom. The third-order valence-electron chi connectivity index (χ3n) is 4.58. The number of rotatable bonds is 3. The van der Waals surface area contributed by atoms with E-state index in [9.17, 15) is 9.90 Å². The quantitative estimate of drug-likeness (QED) is 0.711. The van der Waals surface area contributed by atoms with E-state index >= 15 is 0 Å². The fraction of sp³-hybridized carbons (Fsp3) is 0.211. The number of carbonyl (C=O) groups excluding carboxylic acids is 1. The van der Waals surface area contributed by atoms with E-state index in [1.54, 1.807) is 6.07 Å². The van der Waals surface area contributed by atoms with Crippen molar-refractivity contribution < 1.29 is 14.3 Å². The predicted octanol–water partition coefficient (Wildman–Crippen LogP) is 4.15. The molecule has 0 bridgehead atoms. The second-order valence-corrected chi connectivity index (χ2v) is 6.89. The van der Waals surface area contributed by atoms with Gasteiger partial charge in [-0.3, -0.25) is 4.79 Å². The molecule has 1 heterocycles. The fourth-order valence-corrected chi connectivity index (χ4v) is 3.88. The molecule has 2 atom stereocenters. The number of hydrogen-bond donors (Lipinski definition) is 2. The number of aliphatic hydroxyl groups is 1. The lowest BCUT2D eigenvalue weighted by atomic mass is 10.0. The van der Waals surface area contributed by atoms with E-state index in [1.165, 1.54) is 0 Å². The topological polar surface area (TPSA) is 62.5 Å². The van der Waals surface area contributed by atoms with Gasteiger partial charge in [0.15, 0.2) is 5.76 Å². The molecule has 0 saturated heterocycles. The Morgan fingerprint density at radius 1 is 1.21 bits per heavy atom. The van der Waals surface area contributed by atoms with E-state index in [4.69, 9.17) is 4.42 Å². The number of halogens is 1. The number of benzene rings is 2. The van der Waals surface area contributed by atoms with Gasteiger partial charge in [0, 0.05) is 11.3 Å². The van der Waals surface area contributed by atoms with Gasteiger partial charge in [0.25, 0.3) is 5.91 Å². The van der Waals surface area contributed by atoms with Crippen molar-refractivity contribution in [3.8, 4) is 0 Å². The smallest absolute Gasteiger partial charge is 0.287 e. The Labute approximate surface area is 147 Å². The van der Waals surface area contributed by atoms with Crippen molar-refractivity contribution in [1.29, 1.82) is 0 Å². The molecule has 2 aromatic carbocycles. The van der Waals surface area contributed by atoms with Crippen molar-refractivity contribution >= 4 is 32.8 Å². The van der Waals surface area contributed by atoms with Crippen molar-refractivity contribution in [1.82, 2.24) is 5.32 Å². The lowest BCUT2D eigenvalue weighted by Crippen LogP contribution is -2.27. The van der Waals surface area contributed by atoms with E-state index in [2.05, 4.69) is 21.2 Å². The summed E-state index contributed by atoms with van der Waals surface area (Å²) >= 11 is 3.43. The Bertz CT molecular complexity index is 918. The number of carbonyl (C=O) groups is 1. The van der Waals surface area contributed by atoms with Crippen LogP contribution < -0.4 is 5.32 Å². The van der Waals surface area contributed by atoms with Gasteiger partial charge in [0.2, 0.25) is 0 Å². The molecule has 1 aromatic heterocycles. The molecule has 3 aromatic rings. The van der Waals surface area contributed by atoms with Crippen molar-refractivity contribution in [3.63, 3.8) is 0 Å². The van der Waals surface area contributed by atoms with Crippen molar-refractivity contribution in [2.45, 2.75) is 18.4 Å². The average molecular weight is 386 g/mol. The number of aliphatic hydroxyl groups excluding tert-OH is 1. The summed E-state index contributed by atoms with van der Waals surface area (Å²) in [5.41, 5.74) is 2.85. The molecule has 0 spiro atoms. The molecule has 4 nitrogen and oxygen atoms in total. The van der Waals surface area contributed by atoms with Crippen molar-refractivity contribution in [2.75, 3.05) is 6.61 Å². The molecule has 122 valence electrons. The average Bonchev–Trinajstić information content (AvgIpc) is 3.18. The fourth-order valence-electron chi connectivity index (χ4n) is 3.42. The molecule has 1 aliphatic carbocycles. The molecule has 1 aliphatic rings. The molecule has 0 saturated carbocycles. The predicted molar refractivity (Wildman–Crippen MR) is 95.0 cm³/mol. The summed E-state index contributed by atoms with van der Waals surface area (Å²) in [5.74, 6) is 0.120. The number of amides is 1. The molecule has 2 N–H and O–H groups in total.